The summed E-state index contributed by atoms with van der Waals surface area (Å²) in [7, 11) is 0. The molecule has 0 radical (unpaired) electrons. The Kier molecular flexibility index (Phi) is 6.61. The van der Waals surface area contributed by atoms with Crippen molar-refractivity contribution in [3.63, 3.8) is 0 Å². The van der Waals surface area contributed by atoms with Crippen LogP contribution < -0.4 is 0 Å². The molecule has 0 aliphatic carbocycles. The van der Waals surface area contributed by atoms with Gasteiger partial charge in [0.2, 0.25) is 0 Å². The number of halogens is 2. The van der Waals surface area contributed by atoms with Gasteiger partial charge in [0.15, 0.2) is 0 Å². The SMILES string of the molecule is O=C(c1cccc(CN2CCCC2)c1)N1CCN(C(=O)c2ccc(Cl)cc2Cl)CC1. The van der Waals surface area contributed by atoms with Gasteiger partial charge in [-0.2, -0.15) is 0 Å². The summed E-state index contributed by atoms with van der Waals surface area (Å²) in [4.78, 5) is 31.8. The minimum Gasteiger partial charge on any atom is -0.335 e. The summed E-state index contributed by atoms with van der Waals surface area (Å²) in [6, 6.07) is 12.8. The molecule has 2 aliphatic heterocycles. The van der Waals surface area contributed by atoms with Crippen molar-refractivity contribution >= 4 is 35.0 Å². The molecular formula is C23H25Cl2N3O2. The van der Waals surface area contributed by atoms with Crippen LogP contribution in [0.4, 0.5) is 0 Å². The Balaban J connectivity index is 1.36. The molecule has 0 saturated carbocycles. The third-order valence-corrected chi connectivity index (χ3v) is 6.34. The third-order valence-electron chi connectivity index (χ3n) is 5.79. The molecule has 0 atom stereocenters. The molecule has 2 aromatic rings. The van der Waals surface area contributed by atoms with E-state index in [4.69, 9.17) is 23.2 Å². The molecule has 2 aliphatic rings. The number of amides is 2. The van der Waals surface area contributed by atoms with Gasteiger partial charge in [0.05, 0.1) is 10.6 Å². The van der Waals surface area contributed by atoms with Gasteiger partial charge in [-0.15, -0.1) is 0 Å². The second kappa shape index (κ2) is 9.38. The lowest BCUT2D eigenvalue weighted by Gasteiger charge is -2.35. The van der Waals surface area contributed by atoms with E-state index in [-0.39, 0.29) is 11.8 Å². The number of hydrogen-bond acceptors (Lipinski definition) is 3. The monoisotopic (exact) mass is 445 g/mol. The fourth-order valence-electron chi connectivity index (χ4n) is 4.13. The van der Waals surface area contributed by atoms with Gasteiger partial charge >= 0.3 is 0 Å². The van der Waals surface area contributed by atoms with Crippen molar-refractivity contribution in [1.29, 1.82) is 0 Å². The predicted molar refractivity (Wildman–Crippen MR) is 119 cm³/mol. The zero-order valence-corrected chi connectivity index (χ0v) is 18.3. The maximum atomic E-state index is 13.0. The molecule has 0 unspecified atom stereocenters. The first-order chi connectivity index (χ1) is 14.5. The molecule has 0 spiro atoms. The zero-order valence-electron chi connectivity index (χ0n) is 16.8. The van der Waals surface area contributed by atoms with E-state index in [1.165, 1.54) is 18.4 Å². The van der Waals surface area contributed by atoms with Crippen LogP contribution in [0.2, 0.25) is 10.0 Å². The Hall–Kier alpha value is -2.08. The Morgan fingerprint density at radius 3 is 2.13 bits per heavy atom. The summed E-state index contributed by atoms with van der Waals surface area (Å²) in [5.41, 5.74) is 2.33. The summed E-state index contributed by atoms with van der Waals surface area (Å²) in [6.07, 6.45) is 2.51. The van der Waals surface area contributed by atoms with E-state index in [2.05, 4.69) is 11.0 Å². The first-order valence-electron chi connectivity index (χ1n) is 10.4. The number of nitrogens with zero attached hydrogens (tertiary/aromatic N) is 3. The minimum atomic E-state index is -0.128. The van der Waals surface area contributed by atoms with Gasteiger partial charge in [-0.3, -0.25) is 14.5 Å². The summed E-state index contributed by atoms with van der Waals surface area (Å²) in [6.45, 7) is 5.13. The van der Waals surface area contributed by atoms with E-state index in [9.17, 15) is 9.59 Å². The van der Waals surface area contributed by atoms with Crippen molar-refractivity contribution in [2.45, 2.75) is 19.4 Å². The number of carbonyl (C=O) groups excluding carboxylic acids is 2. The van der Waals surface area contributed by atoms with Crippen molar-refractivity contribution in [2.24, 2.45) is 0 Å². The van der Waals surface area contributed by atoms with Crippen molar-refractivity contribution in [3.05, 3.63) is 69.2 Å². The quantitative estimate of drug-likeness (QED) is 0.708. The van der Waals surface area contributed by atoms with Gasteiger partial charge in [0.25, 0.3) is 11.8 Å². The van der Waals surface area contributed by atoms with E-state index in [1.807, 2.05) is 23.1 Å². The molecule has 4 rings (SSSR count). The minimum absolute atomic E-state index is 0.0231. The average molecular weight is 446 g/mol. The van der Waals surface area contributed by atoms with Gasteiger partial charge < -0.3 is 9.80 Å². The number of rotatable bonds is 4. The molecule has 30 heavy (non-hydrogen) atoms. The van der Waals surface area contributed by atoms with Crippen LogP contribution in [0.25, 0.3) is 0 Å². The van der Waals surface area contributed by atoms with Crippen molar-refractivity contribution in [2.75, 3.05) is 39.3 Å². The fraction of sp³-hybridized carbons (Fsp3) is 0.391. The summed E-state index contributed by atoms with van der Waals surface area (Å²) in [5.74, 6) is -0.105. The van der Waals surface area contributed by atoms with Crippen molar-refractivity contribution in [3.8, 4) is 0 Å². The maximum absolute atomic E-state index is 13.0. The van der Waals surface area contributed by atoms with Crippen molar-refractivity contribution < 1.29 is 9.59 Å². The molecule has 2 aromatic carbocycles. The first kappa shape index (κ1) is 21.2. The third kappa shape index (κ3) is 4.80. The molecule has 0 N–H and O–H groups in total. The normalized spacial score (nSPS) is 17.4. The second-order valence-electron chi connectivity index (χ2n) is 7.89. The van der Waals surface area contributed by atoms with E-state index >= 15 is 0 Å². The second-order valence-corrected chi connectivity index (χ2v) is 8.74. The molecule has 2 heterocycles. The standard InChI is InChI=1S/C23H25Cl2N3O2/c24-19-6-7-20(21(25)15-19)23(30)28-12-10-27(11-13-28)22(29)18-5-3-4-17(14-18)16-26-8-1-2-9-26/h3-7,14-15H,1-2,8-13,16H2. The number of hydrogen-bond donors (Lipinski definition) is 0. The van der Waals surface area contributed by atoms with Crippen molar-refractivity contribution in [1.82, 2.24) is 14.7 Å². The number of benzene rings is 2. The predicted octanol–water partition coefficient (Wildman–Crippen LogP) is 4.19. The fourth-order valence-corrected chi connectivity index (χ4v) is 4.62. The van der Waals surface area contributed by atoms with Gasteiger partial charge in [-0.1, -0.05) is 35.3 Å². The van der Waals surface area contributed by atoms with Crippen LogP contribution in [0.5, 0.6) is 0 Å². The number of piperazine rings is 1. The average Bonchev–Trinajstić information content (AvgIpc) is 3.26. The van der Waals surface area contributed by atoms with Crippen LogP contribution in [-0.2, 0) is 6.54 Å². The maximum Gasteiger partial charge on any atom is 0.255 e. The van der Waals surface area contributed by atoms with Gasteiger partial charge in [0.1, 0.15) is 0 Å². The zero-order chi connectivity index (χ0) is 21.1. The Morgan fingerprint density at radius 1 is 0.800 bits per heavy atom. The number of carbonyl (C=O) groups is 2. The smallest absolute Gasteiger partial charge is 0.255 e. The summed E-state index contributed by atoms with van der Waals surface area (Å²) >= 11 is 12.1. The molecule has 0 bridgehead atoms. The van der Waals surface area contributed by atoms with Crippen LogP contribution in [-0.4, -0.2) is 65.8 Å². The number of likely N-dealkylation sites (tertiary alicyclic amines) is 1. The molecule has 2 amide bonds. The Morgan fingerprint density at radius 2 is 1.47 bits per heavy atom. The largest absolute Gasteiger partial charge is 0.335 e. The van der Waals surface area contributed by atoms with E-state index in [0.29, 0.717) is 47.4 Å². The van der Waals surface area contributed by atoms with Crippen LogP contribution >= 0.6 is 23.2 Å². The van der Waals surface area contributed by atoms with E-state index in [0.717, 1.165) is 19.6 Å². The van der Waals surface area contributed by atoms with Crippen LogP contribution in [0.15, 0.2) is 42.5 Å². The molecule has 2 fully saturated rings. The molecule has 5 nitrogen and oxygen atoms in total. The Labute approximate surface area is 187 Å². The van der Waals surface area contributed by atoms with Gasteiger partial charge in [0, 0.05) is 43.3 Å². The van der Waals surface area contributed by atoms with E-state index in [1.54, 1.807) is 23.1 Å². The highest BCUT2D eigenvalue weighted by Gasteiger charge is 2.26. The van der Waals surface area contributed by atoms with Crippen LogP contribution in [0.1, 0.15) is 39.1 Å². The Bertz CT molecular complexity index is 936. The molecule has 0 aromatic heterocycles. The molecule has 158 valence electrons. The van der Waals surface area contributed by atoms with Gasteiger partial charge in [-0.25, -0.2) is 0 Å². The lowest BCUT2D eigenvalue weighted by molar-refractivity contribution is 0.0535. The van der Waals surface area contributed by atoms with Crippen LogP contribution in [0.3, 0.4) is 0 Å². The highest BCUT2D eigenvalue weighted by atomic mass is 35.5. The highest BCUT2D eigenvalue weighted by Crippen LogP contribution is 2.23. The topological polar surface area (TPSA) is 43.9 Å². The van der Waals surface area contributed by atoms with Gasteiger partial charge in [-0.05, 0) is 61.8 Å². The van der Waals surface area contributed by atoms with Crippen LogP contribution in [0, 0.1) is 0 Å². The summed E-state index contributed by atoms with van der Waals surface area (Å²) in [5, 5.41) is 0.847. The highest BCUT2D eigenvalue weighted by molar-refractivity contribution is 6.36. The molecule has 7 heteroatoms. The first-order valence-corrected chi connectivity index (χ1v) is 11.1. The lowest BCUT2D eigenvalue weighted by Crippen LogP contribution is -2.50. The molecule has 2 saturated heterocycles. The summed E-state index contributed by atoms with van der Waals surface area (Å²) < 4.78 is 0. The molecular weight excluding hydrogens is 421 g/mol. The van der Waals surface area contributed by atoms with E-state index < -0.39 is 0 Å². The lowest BCUT2D eigenvalue weighted by atomic mass is 10.1.